The first-order valence-electron chi connectivity index (χ1n) is 11.7. The minimum atomic E-state index is -0.125. The molecule has 5 rings (SSSR count). The lowest BCUT2D eigenvalue weighted by Gasteiger charge is -2.57. The SMILES string of the molecule is C[C@]12CC[C@H](O)CC1=CC[C@H]1[C@@H]2CC[C@@]2(C)\C(=N/N=C\C=C\c3ccco3)CC[C@@H]12. The summed E-state index contributed by atoms with van der Waals surface area (Å²) in [5.41, 5.74) is 3.34. The quantitative estimate of drug-likeness (QED) is 0.378. The Morgan fingerprint density at radius 2 is 1.97 bits per heavy atom. The smallest absolute Gasteiger partial charge is 0.126 e. The highest BCUT2D eigenvalue weighted by Gasteiger charge is 2.57. The highest BCUT2D eigenvalue weighted by atomic mass is 16.3. The fourth-order valence-electron chi connectivity index (χ4n) is 7.26. The lowest BCUT2D eigenvalue weighted by Crippen LogP contribution is -2.50. The van der Waals surface area contributed by atoms with Crippen LogP contribution in [-0.2, 0) is 0 Å². The van der Waals surface area contributed by atoms with Gasteiger partial charge in [0.25, 0.3) is 0 Å². The van der Waals surface area contributed by atoms with Gasteiger partial charge in [-0.3, -0.25) is 0 Å². The van der Waals surface area contributed by atoms with E-state index in [-0.39, 0.29) is 11.5 Å². The van der Waals surface area contributed by atoms with Gasteiger partial charge in [-0.05, 0) is 98.8 Å². The zero-order chi connectivity index (χ0) is 20.8. The van der Waals surface area contributed by atoms with E-state index in [1.165, 1.54) is 31.4 Å². The van der Waals surface area contributed by atoms with E-state index in [1.807, 2.05) is 24.3 Å². The van der Waals surface area contributed by atoms with Crippen LogP contribution in [0.15, 0.2) is 50.7 Å². The monoisotopic (exact) mass is 406 g/mol. The van der Waals surface area contributed by atoms with Crippen molar-refractivity contribution in [3.05, 3.63) is 41.9 Å². The fraction of sp³-hybridized carbons (Fsp3) is 0.615. The summed E-state index contributed by atoms with van der Waals surface area (Å²) in [6, 6.07) is 3.81. The van der Waals surface area contributed by atoms with Gasteiger partial charge in [0, 0.05) is 17.3 Å². The molecule has 1 aromatic heterocycles. The topological polar surface area (TPSA) is 58.1 Å². The lowest BCUT2D eigenvalue weighted by atomic mass is 9.48. The van der Waals surface area contributed by atoms with Gasteiger partial charge in [0.05, 0.1) is 12.4 Å². The first-order chi connectivity index (χ1) is 14.5. The third-order valence-electron chi connectivity index (χ3n) is 8.95. The van der Waals surface area contributed by atoms with Crippen LogP contribution in [0.5, 0.6) is 0 Å². The molecule has 30 heavy (non-hydrogen) atoms. The molecule has 1 aromatic rings. The summed E-state index contributed by atoms with van der Waals surface area (Å²) in [5, 5.41) is 19.3. The van der Waals surface area contributed by atoms with Crippen molar-refractivity contribution in [2.45, 2.75) is 71.3 Å². The summed E-state index contributed by atoms with van der Waals surface area (Å²) in [7, 11) is 0. The van der Waals surface area contributed by atoms with E-state index in [9.17, 15) is 5.11 Å². The number of aliphatic hydroxyl groups is 1. The number of fused-ring (bicyclic) bond motifs is 5. The maximum atomic E-state index is 10.2. The van der Waals surface area contributed by atoms with Crippen LogP contribution in [0.4, 0.5) is 0 Å². The molecule has 0 amide bonds. The minimum Gasteiger partial charge on any atom is -0.465 e. The predicted molar refractivity (Wildman–Crippen MR) is 121 cm³/mol. The second kappa shape index (κ2) is 7.64. The average Bonchev–Trinajstić information content (AvgIpc) is 3.36. The summed E-state index contributed by atoms with van der Waals surface area (Å²) >= 11 is 0. The van der Waals surface area contributed by atoms with Crippen molar-refractivity contribution in [3.8, 4) is 0 Å². The van der Waals surface area contributed by atoms with E-state index in [0.29, 0.717) is 11.3 Å². The van der Waals surface area contributed by atoms with Crippen LogP contribution in [0.25, 0.3) is 6.08 Å². The standard InChI is InChI=1S/C26H34N2O2/c1-25-13-11-19(29)17-18(25)7-8-21-22-9-10-24(26(22,2)14-12-23(21)25)28-27-15-3-5-20-6-4-16-30-20/h3-7,15-16,19,21-23,29H,8-14,17H2,1-2H3/b5-3+,27-15-,28-24-/t19-,21+,22-,23-,25-,26+/m0/s1. The number of rotatable bonds is 3. The molecule has 6 atom stereocenters. The molecular weight excluding hydrogens is 372 g/mol. The number of hydrogen-bond donors (Lipinski definition) is 1. The summed E-state index contributed by atoms with van der Waals surface area (Å²) in [6.45, 7) is 4.93. The predicted octanol–water partition coefficient (Wildman–Crippen LogP) is 6.04. The van der Waals surface area contributed by atoms with Gasteiger partial charge in [-0.1, -0.05) is 25.5 Å². The van der Waals surface area contributed by atoms with Crippen LogP contribution in [0.1, 0.15) is 71.0 Å². The van der Waals surface area contributed by atoms with E-state index in [0.717, 1.165) is 43.3 Å². The van der Waals surface area contributed by atoms with Gasteiger partial charge in [-0.25, -0.2) is 0 Å². The van der Waals surface area contributed by atoms with Crippen molar-refractivity contribution in [2.75, 3.05) is 0 Å². The van der Waals surface area contributed by atoms with E-state index in [2.05, 4.69) is 25.0 Å². The molecule has 4 heteroatoms. The number of hydrogen-bond acceptors (Lipinski definition) is 4. The molecule has 0 aromatic carbocycles. The maximum absolute atomic E-state index is 10.2. The third-order valence-corrected chi connectivity index (χ3v) is 8.95. The Morgan fingerprint density at radius 3 is 2.80 bits per heavy atom. The van der Waals surface area contributed by atoms with Crippen LogP contribution in [-0.4, -0.2) is 23.1 Å². The van der Waals surface area contributed by atoms with E-state index >= 15 is 0 Å². The lowest BCUT2D eigenvalue weighted by molar-refractivity contribution is -0.0209. The molecule has 0 bridgehead atoms. The molecule has 3 saturated carbocycles. The molecule has 4 nitrogen and oxygen atoms in total. The summed E-state index contributed by atoms with van der Waals surface area (Å²) in [6.07, 6.45) is 18.6. The molecule has 1 N–H and O–H groups in total. The second-order valence-corrected chi connectivity index (χ2v) is 10.3. The van der Waals surface area contributed by atoms with Gasteiger partial charge < -0.3 is 9.52 Å². The number of furan rings is 1. The number of aliphatic hydroxyl groups excluding tert-OH is 1. The minimum absolute atomic E-state index is 0.125. The van der Waals surface area contributed by atoms with E-state index in [1.54, 1.807) is 18.1 Å². The zero-order valence-electron chi connectivity index (χ0n) is 18.3. The van der Waals surface area contributed by atoms with Crippen molar-refractivity contribution in [2.24, 2.45) is 38.8 Å². The largest absolute Gasteiger partial charge is 0.465 e. The molecule has 0 saturated heterocycles. The normalized spacial score (nSPS) is 42.4. The van der Waals surface area contributed by atoms with Crippen molar-refractivity contribution >= 4 is 18.0 Å². The first kappa shape index (κ1) is 20.0. The Hall–Kier alpha value is -1.94. The zero-order valence-corrected chi connectivity index (χ0v) is 18.3. The van der Waals surface area contributed by atoms with Crippen molar-refractivity contribution in [1.82, 2.24) is 0 Å². The van der Waals surface area contributed by atoms with Crippen molar-refractivity contribution in [1.29, 1.82) is 0 Å². The van der Waals surface area contributed by atoms with Crippen molar-refractivity contribution < 1.29 is 9.52 Å². The van der Waals surface area contributed by atoms with Gasteiger partial charge in [0.1, 0.15) is 5.76 Å². The Bertz CT molecular complexity index is 896. The molecule has 0 spiro atoms. The van der Waals surface area contributed by atoms with Gasteiger partial charge in [-0.2, -0.15) is 10.2 Å². The molecule has 1 heterocycles. The van der Waals surface area contributed by atoms with Crippen LogP contribution in [0.2, 0.25) is 0 Å². The molecule has 3 fully saturated rings. The highest BCUT2D eigenvalue weighted by molar-refractivity contribution is 5.93. The molecule has 0 unspecified atom stereocenters. The molecule has 0 radical (unpaired) electrons. The van der Waals surface area contributed by atoms with Crippen LogP contribution in [0.3, 0.4) is 0 Å². The maximum Gasteiger partial charge on any atom is 0.126 e. The van der Waals surface area contributed by atoms with Gasteiger partial charge in [0.2, 0.25) is 0 Å². The van der Waals surface area contributed by atoms with Crippen LogP contribution < -0.4 is 0 Å². The molecule has 4 aliphatic rings. The molecule has 160 valence electrons. The van der Waals surface area contributed by atoms with Gasteiger partial charge in [0.15, 0.2) is 0 Å². The highest BCUT2D eigenvalue weighted by Crippen LogP contribution is 2.64. The summed E-state index contributed by atoms with van der Waals surface area (Å²) in [5.74, 6) is 3.06. The first-order valence-corrected chi connectivity index (χ1v) is 11.7. The van der Waals surface area contributed by atoms with Crippen LogP contribution in [0, 0.1) is 28.6 Å². The van der Waals surface area contributed by atoms with Gasteiger partial charge in [-0.15, -0.1) is 0 Å². The Kier molecular flexibility index (Phi) is 5.09. The van der Waals surface area contributed by atoms with E-state index in [4.69, 9.17) is 9.52 Å². The molecule has 0 aliphatic heterocycles. The van der Waals surface area contributed by atoms with E-state index < -0.39 is 0 Å². The number of allylic oxidation sites excluding steroid dienone is 2. The Labute approximate surface area is 179 Å². The second-order valence-electron chi connectivity index (χ2n) is 10.3. The average molecular weight is 407 g/mol. The van der Waals surface area contributed by atoms with Gasteiger partial charge >= 0.3 is 0 Å². The Balaban J connectivity index is 1.33. The molecule has 4 aliphatic carbocycles. The third kappa shape index (κ3) is 3.24. The summed E-state index contributed by atoms with van der Waals surface area (Å²) in [4.78, 5) is 0. The van der Waals surface area contributed by atoms with Crippen LogP contribution >= 0.6 is 0 Å². The molecular formula is C26H34N2O2. The fourth-order valence-corrected chi connectivity index (χ4v) is 7.26. The summed E-state index contributed by atoms with van der Waals surface area (Å²) < 4.78 is 5.30. The number of nitrogens with zero attached hydrogens (tertiary/aromatic N) is 2. The Morgan fingerprint density at radius 1 is 1.13 bits per heavy atom. The van der Waals surface area contributed by atoms with Crippen molar-refractivity contribution in [3.63, 3.8) is 0 Å².